The molecular formula is C18H25F3N2O4S. The lowest BCUT2D eigenvalue weighted by molar-refractivity contribution is -0.192. The molecule has 1 N–H and O–H groups in total. The number of hydrogen-bond donors (Lipinski definition) is 1. The van der Waals surface area contributed by atoms with Gasteiger partial charge in [0.05, 0.1) is 18.6 Å². The summed E-state index contributed by atoms with van der Waals surface area (Å²) in [5.41, 5.74) is 0. The lowest BCUT2D eigenvalue weighted by Crippen LogP contribution is -2.53. The van der Waals surface area contributed by atoms with E-state index in [0.29, 0.717) is 24.5 Å². The summed E-state index contributed by atoms with van der Waals surface area (Å²) in [6.45, 7) is 6.13. The number of fused-ring (bicyclic) bond motifs is 1. The fourth-order valence-corrected chi connectivity index (χ4v) is 4.46. The fraction of sp³-hybridized carbons (Fsp3) is 0.667. The van der Waals surface area contributed by atoms with Crippen molar-refractivity contribution >= 4 is 23.2 Å². The van der Waals surface area contributed by atoms with E-state index in [2.05, 4.69) is 22.8 Å². The second kappa shape index (κ2) is 9.71. The Morgan fingerprint density at radius 1 is 1.36 bits per heavy atom. The summed E-state index contributed by atoms with van der Waals surface area (Å²) in [5, 5.41) is 9.16. The van der Waals surface area contributed by atoms with E-state index < -0.39 is 12.1 Å². The molecule has 0 bridgehead atoms. The Balaban J connectivity index is 0.000000345. The van der Waals surface area contributed by atoms with E-state index in [9.17, 15) is 18.0 Å². The number of carbonyl (C=O) groups excluding carboxylic acids is 1. The van der Waals surface area contributed by atoms with Crippen LogP contribution in [-0.4, -0.2) is 78.4 Å². The van der Waals surface area contributed by atoms with Gasteiger partial charge in [0.15, 0.2) is 0 Å². The first kappa shape index (κ1) is 22.6. The molecule has 1 aromatic rings. The monoisotopic (exact) mass is 422 g/mol. The summed E-state index contributed by atoms with van der Waals surface area (Å²) in [4.78, 5) is 27.3. The topological polar surface area (TPSA) is 70.1 Å². The highest BCUT2D eigenvalue weighted by molar-refractivity contribution is 7.10. The Hall–Kier alpha value is -1.65. The zero-order chi connectivity index (χ0) is 20.9. The van der Waals surface area contributed by atoms with Crippen LogP contribution in [0.3, 0.4) is 0 Å². The summed E-state index contributed by atoms with van der Waals surface area (Å²) in [5.74, 6) is -2.01. The fourth-order valence-electron chi connectivity index (χ4n) is 3.76. The molecule has 28 heavy (non-hydrogen) atoms. The van der Waals surface area contributed by atoms with Gasteiger partial charge in [0.25, 0.3) is 0 Å². The van der Waals surface area contributed by atoms with Crippen molar-refractivity contribution in [3.8, 4) is 0 Å². The number of likely N-dealkylation sites (tertiary alicyclic amines) is 2. The Labute approximate surface area is 165 Å². The Morgan fingerprint density at radius 2 is 2.04 bits per heavy atom. The van der Waals surface area contributed by atoms with E-state index in [0.717, 1.165) is 37.5 Å². The molecule has 2 fully saturated rings. The molecule has 6 nitrogen and oxygen atoms in total. The first-order chi connectivity index (χ1) is 13.2. The maximum Gasteiger partial charge on any atom is 0.490 e. The molecule has 0 saturated carbocycles. The number of halogens is 3. The number of carboxylic acids is 1. The molecular weight excluding hydrogens is 397 g/mol. The molecule has 2 aliphatic rings. The first-order valence-corrected chi connectivity index (χ1v) is 9.92. The number of carbonyl (C=O) groups is 2. The average molecular weight is 422 g/mol. The molecule has 1 aromatic heterocycles. The molecule has 0 aliphatic carbocycles. The van der Waals surface area contributed by atoms with Crippen LogP contribution in [0.4, 0.5) is 13.2 Å². The molecule has 3 rings (SSSR count). The highest BCUT2D eigenvalue weighted by Crippen LogP contribution is 2.32. The molecule has 2 saturated heterocycles. The molecule has 3 heterocycles. The normalized spacial score (nSPS) is 25.0. The Kier molecular flexibility index (Phi) is 7.85. The standard InChI is InChI=1S/C16H24N2O2S.C2HF3O2/c1-3-17-10-13-14(11-17)18(7-6-15(13)20-2)16(19)9-12-5-4-8-21-12;3-2(4,5)1(6)7/h4-5,8,13-15H,3,6-7,9-11H2,1-2H3;(H,6,7)/t13-,14+,15+;/m0./s1. The van der Waals surface area contributed by atoms with Gasteiger partial charge in [-0.15, -0.1) is 11.3 Å². The number of piperidine rings is 1. The quantitative estimate of drug-likeness (QED) is 0.808. The number of thiophene rings is 1. The zero-order valence-electron chi connectivity index (χ0n) is 15.8. The van der Waals surface area contributed by atoms with Gasteiger partial charge >= 0.3 is 12.1 Å². The Morgan fingerprint density at radius 3 is 2.54 bits per heavy atom. The van der Waals surface area contributed by atoms with Crippen molar-refractivity contribution < 1.29 is 32.6 Å². The van der Waals surface area contributed by atoms with Crippen molar-refractivity contribution in [2.75, 3.05) is 33.3 Å². The Bertz CT molecular complexity index is 654. The van der Waals surface area contributed by atoms with Crippen LogP contribution in [0.5, 0.6) is 0 Å². The van der Waals surface area contributed by atoms with Crippen LogP contribution in [-0.2, 0) is 20.7 Å². The highest BCUT2D eigenvalue weighted by Gasteiger charge is 2.45. The van der Waals surface area contributed by atoms with Gasteiger partial charge in [0, 0.05) is 37.5 Å². The maximum absolute atomic E-state index is 12.7. The summed E-state index contributed by atoms with van der Waals surface area (Å²) >= 11 is 1.67. The van der Waals surface area contributed by atoms with Gasteiger partial charge in [0.2, 0.25) is 5.91 Å². The number of likely N-dealkylation sites (N-methyl/N-ethyl adjacent to an activating group) is 1. The summed E-state index contributed by atoms with van der Waals surface area (Å²) < 4.78 is 37.4. The largest absolute Gasteiger partial charge is 0.490 e. The SMILES string of the molecule is CCN1C[C@H]2[C@@H](C1)N(C(=O)Cc1cccs1)CC[C@H]2OC.O=C(O)C(F)(F)F. The van der Waals surface area contributed by atoms with Gasteiger partial charge in [-0.2, -0.15) is 13.2 Å². The predicted molar refractivity (Wildman–Crippen MR) is 98.2 cm³/mol. The minimum absolute atomic E-state index is 0.278. The molecule has 0 spiro atoms. The maximum atomic E-state index is 12.7. The van der Waals surface area contributed by atoms with Gasteiger partial charge in [-0.05, 0) is 24.4 Å². The van der Waals surface area contributed by atoms with Crippen molar-refractivity contribution in [1.29, 1.82) is 0 Å². The number of aliphatic carboxylic acids is 1. The van der Waals surface area contributed by atoms with E-state index in [-0.39, 0.29) is 5.91 Å². The second-order valence-electron chi connectivity index (χ2n) is 6.79. The predicted octanol–water partition coefficient (Wildman–Crippen LogP) is 2.49. The molecule has 3 atom stereocenters. The number of ether oxygens (including phenoxy) is 1. The van der Waals surface area contributed by atoms with E-state index in [1.807, 2.05) is 11.4 Å². The van der Waals surface area contributed by atoms with Gasteiger partial charge < -0.3 is 19.6 Å². The number of rotatable bonds is 4. The van der Waals surface area contributed by atoms with Crippen molar-refractivity contribution in [2.24, 2.45) is 5.92 Å². The highest BCUT2D eigenvalue weighted by atomic mass is 32.1. The molecule has 0 radical (unpaired) electrons. The number of methoxy groups -OCH3 is 1. The minimum atomic E-state index is -5.08. The van der Waals surface area contributed by atoms with Crippen LogP contribution in [0, 0.1) is 5.92 Å². The lowest BCUT2D eigenvalue weighted by Gasteiger charge is -2.41. The smallest absolute Gasteiger partial charge is 0.475 e. The summed E-state index contributed by atoms with van der Waals surface area (Å²) in [7, 11) is 1.81. The van der Waals surface area contributed by atoms with Crippen LogP contribution in [0.25, 0.3) is 0 Å². The molecule has 0 unspecified atom stereocenters. The van der Waals surface area contributed by atoms with Crippen molar-refractivity contribution in [1.82, 2.24) is 9.80 Å². The molecule has 2 aliphatic heterocycles. The van der Waals surface area contributed by atoms with Crippen LogP contribution in [0.1, 0.15) is 18.2 Å². The molecule has 0 aromatic carbocycles. The van der Waals surface area contributed by atoms with Crippen molar-refractivity contribution in [3.63, 3.8) is 0 Å². The van der Waals surface area contributed by atoms with Gasteiger partial charge in [-0.3, -0.25) is 4.79 Å². The first-order valence-electron chi connectivity index (χ1n) is 9.04. The lowest BCUT2D eigenvalue weighted by atomic mass is 9.88. The molecule has 1 amide bonds. The van der Waals surface area contributed by atoms with Gasteiger partial charge in [0.1, 0.15) is 0 Å². The van der Waals surface area contributed by atoms with Crippen LogP contribution >= 0.6 is 11.3 Å². The average Bonchev–Trinajstić information content (AvgIpc) is 3.29. The van der Waals surface area contributed by atoms with E-state index in [1.54, 1.807) is 18.4 Å². The minimum Gasteiger partial charge on any atom is -0.475 e. The molecule has 10 heteroatoms. The van der Waals surface area contributed by atoms with Crippen molar-refractivity contribution in [2.45, 2.75) is 38.1 Å². The number of carboxylic acid groups (broad SMARTS) is 1. The number of amides is 1. The number of hydrogen-bond acceptors (Lipinski definition) is 5. The van der Waals surface area contributed by atoms with Gasteiger partial charge in [-0.1, -0.05) is 13.0 Å². The van der Waals surface area contributed by atoms with Crippen molar-refractivity contribution in [3.05, 3.63) is 22.4 Å². The third kappa shape index (κ3) is 5.68. The third-order valence-corrected chi connectivity index (χ3v) is 6.04. The summed E-state index contributed by atoms with van der Waals surface area (Å²) in [6, 6.07) is 4.40. The van der Waals surface area contributed by atoms with Crippen LogP contribution in [0.15, 0.2) is 17.5 Å². The van der Waals surface area contributed by atoms with Gasteiger partial charge in [-0.25, -0.2) is 4.79 Å². The van der Waals surface area contributed by atoms with E-state index in [1.165, 1.54) is 0 Å². The molecule has 158 valence electrons. The summed E-state index contributed by atoms with van der Waals surface area (Å²) in [6.07, 6.45) is -3.27. The third-order valence-electron chi connectivity index (χ3n) is 5.16. The van der Waals surface area contributed by atoms with E-state index >= 15 is 0 Å². The number of nitrogens with zero attached hydrogens (tertiary/aromatic N) is 2. The zero-order valence-corrected chi connectivity index (χ0v) is 16.6. The van der Waals surface area contributed by atoms with E-state index in [4.69, 9.17) is 14.6 Å². The van der Waals surface area contributed by atoms with Crippen LogP contribution < -0.4 is 0 Å². The number of alkyl halides is 3. The second-order valence-corrected chi connectivity index (χ2v) is 7.82. The van der Waals surface area contributed by atoms with Crippen LogP contribution in [0.2, 0.25) is 0 Å².